The van der Waals surface area contributed by atoms with Crippen LogP contribution in [-0.2, 0) is 0 Å². The fraction of sp³-hybridized carbons (Fsp3) is 0. The number of anilines is 1. The van der Waals surface area contributed by atoms with Gasteiger partial charge in [-0.25, -0.2) is 10.9 Å². The van der Waals surface area contributed by atoms with Crippen molar-refractivity contribution in [2.75, 3.05) is 5.01 Å². The minimum absolute atomic E-state index is 0.156. The molecule has 0 bridgehead atoms. The third-order valence-corrected chi connectivity index (χ3v) is 4.43. The predicted molar refractivity (Wildman–Crippen MR) is 97.2 cm³/mol. The Morgan fingerprint density at radius 3 is 1.96 bits per heavy atom. The first kappa shape index (κ1) is 15.9. The van der Waals surface area contributed by atoms with Crippen molar-refractivity contribution in [1.82, 2.24) is 0 Å². The molecule has 5 nitrogen and oxygen atoms in total. The van der Waals surface area contributed by atoms with Gasteiger partial charge >= 0.3 is 0 Å². The maximum atomic E-state index is 13.0. The third-order valence-electron chi connectivity index (χ3n) is 4.43. The minimum Gasteiger partial charge on any atom is -0.289 e. The molecule has 0 heterocycles. The van der Waals surface area contributed by atoms with Crippen LogP contribution in [0.4, 0.5) is 5.69 Å². The van der Waals surface area contributed by atoms with Crippen LogP contribution in [0.3, 0.4) is 0 Å². The number of nitrogens with two attached hydrogens (primary N) is 1. The Balaban J connectivity index is 1.85. The summed E-state index contributed by atoms with van der Waals surface area (Å²) in [4.78, 5) is 38.4. The van der Waals surface area contributed by atoms with Crippen molar-refractivity contribution in [2.24, 2.45) is 5.84 Å². The van der Waals surface area contributed by atoms with Gasteiger partial charge in [0.25, 0.3) is 5.91 Å². The Kier molecular flexibility index (Phi) is 3.71. The van der Waals surface area contributed by atoms with Crippen molar-refractivity contribution < 1.29 is 14.4 Å². The number of ketones is 2. The zero-order valence-electron chi connectivity index (χ0n) is 13.7. The Morgan fingerprint density at radius 1 is 0.692 bits per heavy atom. The van der Waals surface area contributed by atoms with Gasteiger partial charge < -0.3 is 0 Å². The lowest BCUT2D eigenvalue weighted by molar-refractivity contribution is 0.0973. The van der Waals surface area contributed by atoms with E-state index in [2.05, 4.69) is 0 Å². The largest absolute Gasteiger partial charge is 0.289 e. The van der Waals surface area contributed by atoms with Crippen LogP contribution < -0.4 is 10.9 Å². The highest BCUT2D eigenvalue weighted by molar-refractivity contribution is 6.30. The number of hydrazine groups is 1. The molecular weight excluding hydrogens is 328 g/mol. The maximum Gasteiger partial charge on any atom is 0.272 e. The number of nitrogens with zero attached hydrogens (tertiary/aromatic N) is 1. The van der Waals surface area contributed by atoms with Crippen LogP contribution in [0.15, 0.2) is 72.8 Å². The SMILES string of the molecule is NN(C(=O)c1ccccc1)c1cccc2c1C(=O)c1ccccc1C2=O. The summed E-state index contributed by atoms with van der Waals surface area (Å²) in [6, 6.07) is 19.9. The first-order chi connectivity index (χ1) is 12.6. The van der Waals surface area contributed by atoms with Crippen molar-refractivity contribution in [2.45, 2.75) is 0 Å². The van der Waals surface area contributed by atoms with Crippen LogP contribution in [-0.4, -0.2) is 17.5 Å². The molecule has 0 saturated heterocycles. The minimum atomic E-state index is -0.460. The second kappa shape index (κ2) is 6.06. The monoisotopic (exact) mass is 342 g/mol. The molecule has 3 aromatic rings. The summed E-state index contributed by atoms with van der Waals surface area (Å²) in [6.07, 6.45) is 0. The van der Waals surface area contributed by atoms with Crippen molar-refractivity contribution in [3.05, 3.63) is 101 Å². The number of carbonyl (C=O) groups excluding carboxylic acids is 3. The van der Waals surface area contributed by atoms with E-state index in [4.69, 9.17) is 5.84 Å². The van der Waals surface area contributed by atoms with E-state index < -0.39 is 5.91 Å². The number of benzene rings is 3. The smallest absolute Gasteiger partial charge is 0.272 e. The Labute approximate surface area is 149 Å². The van der Waals surface area contributed by atoms with E-state index in [-0.39, 0.29) is 28.4 Å². The molecule has 0 aliphatic heterocycles. The van der Waals surface area contributed by atoms with E-state index in [1.807, 2.05) is 0 Å². The van der Waals surface area contributed by atoms with Crippen LogP contribution in [0.2, 0.25) is 0 Å². The van der Waals surface area contributed by atoms with E-state index in [0.717, 1.165) is 5.01 Å². The van der Waals surface area contributed by atoms with Crippen LogP contribution in [0.25, 0.3) is 0 Å². The summed E-state index contributed by atoms with van der Waals surface area (Å²) in [7, 11) is 0. The normalized spacial score (nSPS) is 12.3. The fourth-order valence-corrected chi connectivity index (χ4v) is 3.16. The average molecular weight is 342 g/mol. The molecule has 4 rings (SSSR count). The molecule has 0 unspecified atom stereocenters. The highest BCUT2D eigenvalue weighted by Crippen LogP contribution is 2.33. The highest BCUT2D eigenvalue weighted by atomic mass is 16.2. The predicted octanol–water partition coefficient (Wildman–Crippen LogP) is 2.98. The summed E-state index contributed by atoms with van der Waals surface area (Å²) in [5.74, 6) is 5.01. The van der Waals surface area contributed by atoms with E-state index in [0.29, 0.717) is 16.7 Å². The molecule has 126 valence electrons. The van der Waals surface area contributed by atoms with Crippen LogP contribution in [0.1, 0.15) is 42.2 Å². The lowest BCUT2D eigenvalue weighted by atomic mass is 9.83. The molecule has 26 heavy (non-hydrogen) atoms. The number of amides is 1. The van der Waals surface area contributed by atoms with Gasteiger partial charge in [-0.2, -0.15) is 0 Å². The van der Waals surface area contributed by atoms with Crippen molar-refractivity contribution in [1.29, 1.82) is 0 Å². The van der Waals surface area contributed by atoms with Gasteiger partial charge in [0.1, 0.15) is 0 Å². The number of rotatable bonds is 2. The molecule has 0 aromatic heterocycles. The van der Waals surface area contributed by atoms with Crippen molar-refractivity contribution in [3.63, 3.8) is 0 Å². The first-order valence-electron chi connectivity index (χ1n) is 8.05. The lowest BCUT2D eigenvalue weighted by Gasteiger charge is -2.24. The highest BCUT2D eigenvalue weighted by Gasteiger charge is 2.33. The van der Waals surface area contributed by atoms with Gasteiger partial charge in [0.2, 0.25) is 0 Å². The number of hydrogen-bond donors (Lipinski definition) is 1. The van der Waals surface area contributed by atoms with E-state index in [1.54, 1.807) is 72.8 Å². The third kappa shape index (κ3) is 2.34. The Hall–Kier alpha value is -3.57. The maximum absolute atomic E-state index is 13.0. The fourth-order valence-electron chi connectivity index (χ4n) is 3.16. The lowest BCUT2D eigenvalue weighted by Crippen LogP contribution is -2.39. The molecule has 0 spiro atoms. The second-order valence-electron chi connectivity index (χ2n) is 5.94. The van der Waals surface area contributed by atoms with Gasteiger partial charge in [-0.1, -0.05) is 54.6 Å². The molecule has 0 fully saturated rings. The average Bonchev–Trinajstić information content (AvgIpc) is 2.71. The Bertz CT molecular complexity index is 1060. The number of hydrogen-bond acceptors (Lipinski definition) is 4. The first-order valence-corrected chi connectivity index (χ1v) is 8.05. The van der Waals surface area contributed by atoms with Gasteiger partial charge in [-0.05, 0) is 18.2 Å². The van der Waals surface area contributed by atoms with Crippen molar-refractivity contribution >= 4 is 23.2 Å². The topological polar surface area (TPSA) is 80.5 Å². The van der Waals surface area contributed by atoms with E-state index >= 15 is 0 Å². The van der Waals surface area contributed by atoms with Crippen LogP contribution in [0, 0.1) is 0 Å². The van der Waals surface area contributed by atoms with Gasteiger partial charge in [0.05, 0.1) is 11.3 Å². The van der Waals surface area contributed by atoms with Crippen LogP contribution in [0.5, 0.6) is 0 Å². The molecule has 2 N–H and O–H groups in total. The van der Waals surface area contributed by atoms with Gasteiger partial charge in [0.15, 0.2) is 11.6 Å². The van der Waals surface area contributed by atoms with E-state index in [1.165, 1.54) is 0 Å². The summed E-state index contributed by atoms with van der Waals surface area (Å²) >= 11 is 0. The van der Waals surface area contributed by atoms with Gasteiger partial charge in [-0.3, -0.25) is 14.4 Å². The standard InChI is InChI=1S/C21H14N2O3/c22-23(21(26)13-7-2-1-3-8-13)17-12-6-11-16-18(17)20(25)15-10-5-4-9-14(15)19(16)24/h1-12H,22H2. The molecule has 0 atom stereocenters. The summed E-state index contributed by atoms with van der Waals surface area (Å²) in [6.45, 7) is 0. The zero-order chi connectivity index (χ0) is 18.3. The van der Waals surface area contributed by atoms with Crippen LogP contribution >= 0.6 is 0 Å². The molecule has 0 saturated carbocycles. The molecule has 3 aromatic carbocycles. The van der Waals surface area contributed by atoms with Gasteiger partial charge in [-0.15, -0.1) is 0 Å². The molecule has 5 heteroatoms. The number of fused-ring (bicyclic) bond motifs is 2. The molecule has 1 aliphatic carbocycles. The molecule has 0 radical (unpaired) electrons. The summed E-state index contributed by atoms with van der Waals surface area (Å²) < 4.78 is 0. The van der Waals surface area contributed by atoms with E-state index in [9.17, 15) is 14.4 Å². The molecule has 1 amide bonds. The zero-order valence-corrected chi connectivity index (χ0v) is 13.7. The number of carbonyl (C=O) groups is 3. The molecular formula is C21H14N2O3. The molecule has 1 aliphatic rings. The Morgan fingerprint density at radius 2 is 1.27 bits per heavy atom. The quantitative estimate of drug-likeness (QED) is 0.345. The second-order valence-corrected chi connectivity index (χ2v) is 5.94. The van der Waals surface area contributed by atoms with Gasteiger partial charge in [0, 0.05) is 22.3 Å². The van der Waals surface area contributed by atoms with Crippen molar-refractivity contribution in [3.8, 4) is 0 Å². The summed E-state index contributed by atoms with van der Waals surface area (Å²) in [5.41, 5.74) is 1.69. The summed E-state index contributed by atoms with van der Waals surface area (Å²) in [5, 5.41) is 0.924.